The fourth-order valence-corrected chi connectivity index (χ4v) is 3.58. The van der Waals surface area contributed by atoms with Crippen molar-refractivity contribution >= 4 is 33.2 Å². The van der Waals surface area contributed by atoms with Crippen molar-refractivity contribution in [3.63, 3.8) is 0 Å². The lowest BCUT2D eigenvalue weighted by molar-refractivity contribution is 0.604. The molecule has 1 unspecified atom stereocenters. The van der Waals surface area contributed by atoms with Crippen molar-refractivity contribution in [2.45, 2.75) is 18.7 Å². The quantitative estimate of drug-likeness (QED) is 0.601. The van der Waals surface area contributed by atoms with Gasteiger partial charge in [-0.05, 0) is 30.7 Å². The lowest BCUT2D eigenvalue weighted by atomic mass is 10.1. The first-order valence-electron chi connectivity index (χ1n) is 6.38. The van der Waals surface area contributed by atoms with Crippen LogP contribution < -0.4 is 0 Å². The fraction of sp³-hybridized carbons (Fsp3) is 0.188. The second-order valence-electron chi connectivity index (χ2n) is 4.77. The number of halogens is 2. The summed E-state index contributed by atoms with van der Waals surface area (Å²) in [5, 5.41) is 0.544. The summed E-state index contributed by atoms with van der Waals surface area (Å²) in [4.78, 5) is 4.54. The molecule has 0 spiro atoms. The van der Waals surface area contributed by atoms with Crippen LogP contribution in [0.25, 0.3) is 10.2 Å². The minimum Gasteiger partial charge on any atom is -0.241 e. The van der Waals surface area contributed by atoms with Crippen molar-refractivity contribution in [1.29, 1.82) is 0 Å². The molecule has 2 aromatic carbocycles. The highest BCUT2D eigenvalue weighted by molar-refractivity contribution is 7.18. The molecule has 1 nitrogen and oxygen atoms in total. The van der Waals surface area contributed by atoms with Crippen molar-refractivity contribution in [3.8, 4) is 0 Å². The molecule has 0 radical (unpaired) electrons. The summed E-state index contributed by atoms with van der Waals surface area (Å²) in [6, 6.07) is 13.1. The molecule has 3 rings (SSSR count). The van der Waals surface area contributed by atoms with E-state index in [0.29, 0.717) is 12.0 Å². The summed E-state index contributed by atoms with van der Waals surface area (Å²) < 4.78 is 15.0. The molecule has 0 fully saturated rings. The minimum atomic E-state index is -0.392. The molecular formula is C16H13ClFNS. The largest absolute Gasteiger partial charge is 0.241 e. The second-order valence-corrected chi connectivity index (χ2v) is 6.41. The molecule has 3 aromatic rings. The molecule has 1 aromatic heterocycles. The van der Waals surface area contributed by atoms with E-state index in [2.05, 4.69) is 4.98 Å². The Labute approximate surface area is 126 Å². The summed E-state index contributed by atoms with van der Waals surface area (Å²) in [6.07, 6.45) is 0.543. The Bertz CT molecular complexity index is 720. The third kappa shape index (κ3) is 2.69. The lowest BCUT2D eigenvalue weighted by Crippen LogP contribution is -1.99. The van der Waals surface area contributed by atoms with Crippen LogP contribution in [0.4, 0.5) is 4.39 Å². The zero-order chi connectivity index (χ0) is 14.1. The van der Waals surface area contributed by atoms with E-state index in [1.807, 2.05) is 37.3 Å². The maximum atomic E-state index is 13.9. The summed E-state index contributed by atoms with van der Waals surface area (Å²) in [5.74, 6) is -0.244. The molecule has 0 bridgehead atoms. The van der Waals surface area contributed by atoms with Crippen LogP contribution >= 0.6 is 22.9 Å². The van der Waals surface area contributed by atoms with E-state index in [4.69, 9.17) is 11.6 Å². The average Bonchev–Trinajstić information content (AvgIpc) is 2.80. The van der Waals surface area contributed by atoms with E-state index in [-0.39, 0.29) is 5.82 Å². The first-order chi connectivity index (χ1) is 9.63. The van der Waals surface area contributed by atoms with E-state index >= 15 is 0 Å². The van der Waals surface area contributed by atoms with Crippen molar-refractivity contribution < 1.29 is 4.39 Å². The van der Waals surface area contributed by atoms with Crippen LogP contribution in [0.2, 0.25) is 0 Å². The number of aromatic nitrogens is 1. The van der Waals surface area contributed by atoms with E-state index in [0.717, 1.165) is 20.8 Å². The molecule has 1 atom stereocenters. The van der Waals surface area contributed by atoms with Crippen molar-refractivity contribution in [2.24, 2.45) is 0 Å². The summed E-state index contributed by atoms with van der Waals surface area (Å²) in [6.45, 7) is 1.86. The second kappa shape index (κ2) is 5.51. The maximum Gasteiger partial charge on any atom is 0.128 e. The molecule has 0 aliphatic carbocycles. The van der Waals surface area contributed by atoms with E-state index in [1.54, 1.807) is 17.4 Å². The number of alkyl halides is 1. The Morgan fingerprint density at radius 2 is 2.05 bits per heavy atom. The van der Waals surface area contributed by atoms with Crippen LogP contribution in [0.15, 0.2) is 42.5 Å². The Morgan fingerprint density at radius 1 is 1.25 bits per heavy atom. The lowest BCUT2D eigenvalue weighted by Gasteiger charge is -2.09. The van der Waals surface area contributed by atoms with Crippen molar-refractivity contribution in [1.82, 2.24) is 4.98 Å². The van der Waals surface area contributed by atoms with E-state index < -0.39 is 5.38 Å². The van der Waals surface area contributed by atoms with Crippen LogP contribution in [0, 0.1) is 12.7 Å². The van der Waals surface area contributed by atoms with Gasteiger partial charge in [0, 0.05) is 12.0 Å². The number of aryl methyl sites for hydroxylation is 1. The fourth-order valence-electron chi connectivity index (χ4n) is 2.16. The van der Waals surface area contributed by atoms with Gasteiger partial charge in [0.2, 0.25) is 0 Å². The SMILES string of the molecule is Cc1ccc(C(Cl)Cc2nc3ccccc3s2)c(F)c1. The average molecular weight is 306 g/mol. The number of hydrogen-bond donors (Lipinski definition) is 0. The van der Waals surface area contributed by atoms with E-state index in [1.165, 1.54) is 6.07 Å². The highest BCUT2D eigenvalue weighted by atomic mass is 35.5. The number of nitrogens with zero attached hydrogens (tertiary/aromatic N) is 1. The first kappa shape index (κ1) is 13.5. The third-order valence-corrected chi connectivity index (χ3v) is 4.63. The number of benzene rings is 2. The molecule has 0 saturated carbocycles. The molecule has 1 heterocycles. The van der Waals surface area contributed by atoms with Gasteiger partial charge in [-0.1, -0.05) is 24.3 Å². The smallest absolute Gasteiger partial charge is 0.128 e. The highest BCUT2D eigenvalue weighted by Gasteiger charge is 2.16. The molecule has 0 saturated heterocycles. The number of hydrogen-bond acceptors (Lipinski definition) is 2. The van der Waals surface area contributed by atoms with Crippen LogP contribution in [0.3, 0.4) is 0 Å². The number of rotatable bonds is 3. The maximum absolute atomic E-state index is 13.9. The van der Waals surface area contributed by atoms with Crippen molar-refractivity contribution in [2.75, 3.05) is 0 Å². The summed E-state index contributed by atoms with van der Waals surface area (Å²) in [7, 11) is 0. The predicted octanol–water partition coefficient (Wildman–Crippen LogP) is 5.27. The van der Waals surface area contributed by atoms with Gasteiger partial charge < -0.3 is 0 Å². The summed E-state index contributed by atoms with van der Waals surface area (Å²) in [5.41, 5.74) is 2.41. The molecule has 0 N–H and O–H groups in total. The molecule has 20 heavy (non-hydrogen) atoms. The van der Waals surface area contributed by atoms with Crippen LogP contribution in [0.1, 0.15) is 21.5 Å². The Morgan fingerprint density at radius 3 is 2.80 bits per heavy atom. The number of thiazole rings is 1. The van der Waals surface area contributed by atoms with Crippen molar-refractivity contribution in [3.05, 3.63) is 64.4 Å². The topological polar surface area (TPSA) is 12.9 Å². The molecule has 102 valence electrons. The van der Waals surface area contributed by atoms with Crippen LogP contribution in [-0.2, 0) is 6.42 Å². The Kier molecular flexibility index (Phi) is 3.72. The molecule has 0 aliphatic rings. The van der Waals surface area contributed by atoms with Gasteiger partial charge in [-0.3, -0.25) is 0 Å². The predicted molar refractivity (Wildman–Crippen MR) is 83.1 cm³/mol. The highest BCUT2D eigenvalue weighted by Crippen LogP contribution is 2.31. The molecular weight excluding hydrogens is 293 g/mol. The summed E-state index contributed by atoms with van der Waals surface area (Å²) >= 11 is 7.96. The first-order valence-corrected chi connectivity index (χ1v) is 7.63. The molecule has 4 heteroatoms. The minimum absolute atomic E-state index is 0.244. The number of fused-ring (bicyclic) bond motifs is 1. The normalized spacial score (nSPS) is 12.8. The van der Waals surface area contributed by atoms with Gasteiger partial charge in [0.15, 0.2) is 0 Å². The van der Waals surface area contributed by atoms with Gasteiger partial charge in [-0.15, -0.1) is 22.9 Å². The molecule has 0 aliphatic heterocycles. The van der Waals surface area contributed by atoms with Gasteiger partial charge >= 0.3 is 0 Å². The molecule has 0 amide bonds. The third-order valence-electron chi connectivity index (χ3n) is 3.19. The zero-order valence-corrected chi connectivity index (χ0v) is 12.5. The Balaban J connectivity index is 1.86. The van der Waals surface area contributed by atoms with Crippen LogP contribution in [-0.4, -0.2) is 4.98 Å². The van der Waals surface area contributed by atoms with E-state index in [9.17, 15) is 4.39 Å². The van der Waals surface area contributed by atoms with Gasteiger partial charge in [-0.2, -0.15) is 0 Å². The number of para-hydroxylation sites is 1. The zero-order valence-electron chi connectivity index (χ0n) is 10.9. The standard InChI is InChI=1S/C16H13ClFNS/c1-10-6-7-11(13(18)8-10)12(17)9-16-19-14-4-2-3-5-15(14)20-16/h2-8,12H,9H2,1H3. The monoisotopic (exact) mass is 305 g/mol. The van der Waals surface area contributed by atoms with Crippen LogP contribution in [0.5, 0.6) is 0 Å². The van der Waals surface area contributed by atoms with Gasteiger partial charge in [0.1, 0.15) is 5.82 Å². The van der Waals surface area contributed by atoms with Gasteiger partial charge in [0.05, 0.1) is 20.6 Å². The Hall–Kier alpha value is -1.45. The van der Waals surface area contributed by atoms with Gasteiger partial charge in [-0.25, -0.2) is 9.37 Å². The van der Waals surface area contributed by atoms with Gasteiger partial charge in [0.25, 0.3) is 0 Å².